The minimum absolute atomic E-state index is 0.00545. The number of carbonyl (C=O) groups excluding carboxylic acids is 2. The number of likely N-dealkylation sites (N-methyl/N-ethyl adjacent to an activating group) is 1. The largest absolute Gasteiger partial charge is 0.427 e. The number of hydrogen-bond donors (Lipinski definition) is 3. The molecule has 160 valence electrons. The lowest BCUT2D eigenvalue weighted by atomic mass is 9.95. The molecule has 1 aliphatic rings. The minimum Gasteiger partial charge on any atom is -0.427 e. The standard InChI is InChI=1S/C22H28N4O4/c1-14-11-18(15-5-4-10-23-12-15)30-22(29)20(14)21(28)25-17-8-6-16(7-9-17)24-19(27)13-26(2)3/h6-9,11,15,23H,4-5,10,12-13H2,1-3H3,(H,24,27)(H,25,28). The Hall–Kier alpha value is -2.97. The Bertz CT molecular complexity index is 960. The molecule has 1 fully saturated rings. The summed E-state index contributed by atoms with van der Waals surface area (Å²) in [6.45, 7) is 3.76. The topological polar surface area (TPSA) is 104 Å². The molecule has 0 aliphatic carbocycles. The molecule has 1 aliphatic heterocycles. The van der Waals surface area contributed by atoms with Gasteiger partial charge in [-0.3, -0.25) is 9.59 Å². The summed E-state index contributed by atoms with van der Waals surface area (Å²) < 4.78 is 5.47. The molecule has 30 heavy (non-hydrogen) atoms. The predicted molar refractivity (Wildman–Crippen MR) is 116 cm³/mol. The van der Waals surface area contributed by atoms with E-state index in [9.17, 15) is 14.4 Å². The minimum atomic E-state index is -0.624. The molecule has 1 aromatic heterocycles. The van der Waals surface area contributed by atoms with E-state index in [1.165, 1.54) is 0 Å². The van der Waals surface area contributed by atoms with E-state index in [0.29, 0.717) is 22.7 Å². The zero-order chi connectivity index (χ0) is 21.7. The van der Waals surface area contributed by atoms with Crippen LogP contribution >= 0.6 is 0 Å². The molecule has 1 aromatic carbocycles. The molecule has 8 heteroatoms. The normalized spacial score (nSPS) is 16.3. The summed E-state index contributed by atoms with van der Waals surface area (Å²) in [4.78, 5) is 38.8. The predicted octanol–water partition coefficient (Wildman–Crippen LogP) is 2.17. The number of benzene rings is 1. The van der Waals surface area contributed by atoms with Gasteiger partial charge in [-0.15, -0.1) is 0 Å². The summed E-state index contributed by atoms with van der Waals surface area (Å²) in [5, 5.41) is 8.79. The van der Waals surface area contributed by atoms with Crippen LogP contribution in [-0.2, 0) is 4.79 Å². The molecule has 8 nitrogen and oxygen atoms in total. The summed E-state index contributed by atoms with van der Waals surface area (Å²) in [6.07, 6.45) is 1.99. The van der Waals surface area contributed by atoms with Crippen molar-refractivity contribution in [3.63, 3.8) is 0 Å². The summed E-state index contributed by atoms with van der Waals surface area (Å²) in [5.74, 6) is 0.133. The molecule has 2 amide bonds. The van der Waals surface area contributed by atoms with Crippen molar-refractivity contribution in [1.29, 1.82) is 0 Å². The summed E-state index contributed by atoms with van der Waals surface area (Å²) in [5.41, 5.74) is 1.12. The fourth-order valence-corrected chi connectivity index (χ4v) is 3.52. The van der Waals surface area contributed by atoms with Crippen molar-refractivity contribution in [3.05, 3.63) is 57.6 Å². The molecule has 3 N–H and O–H groups in total. The lowest BCUT2D eigenvalue weighted by molar-refractivity contribution is -0.116. The molecule has 0 spiro atoms. The molecular formula is C22H28N4O4. The number of piperidine rings is 1. The highest BCUT2D eigenvalue weighted by Gasteiger charge is 2.22. The zero-order valence-electron chi connectivity index (χ0n) is 17.6. The van der Waals surface area contributed by atoms with Gasteiger partial charge in [0.2, 0.25) is 5.91 Å². The van der Waals surface area contributed by atoms with E-state index in [4.69, 9.17) is 4.42 Å². The van der Waals surface area contributed by atoms with Gasteiger partial charge < -0.3 is 25.3 Å². The number of anilines is 2. The number of nitrogens with one attached hydrogen (secondary N) is 3. The Balaban J connectivity index is 1.68. The Morgan fingerprint density at radius 3 is 2.40 bits per heavy atom. The molecule has 0 saturated carbocycles. The van der Waals surface area contributed by atoms with Gasteiger partial charge >= 0.3 is 5.63 Å². The van der Waals surface area contributed by atoms with Crippen molar-refractivity contribution < 1.29 is 14.0 Å². The highest BCUT2D eigenvalue weighted by Crippen LogP contribution is 2.24. The monoisotopic (exact) mass is 412 g/mol. The van der Waals surface area contributed by atoms with E-state index in [0.717, 1.165) is 25.9 Å². The summed E-state index contributed by atoms with van der Waals surface area (Å²) in [7, 11) is 3.63. The maximum absolute atomic E-state index is 12.7. The van der Waals surface area contributed by atoms with Gasteiger partial charge in [0.25, 0.3) is 5.91 Å². The van der Waals surface area contributed by atoms with Gasteiger partial charge in [0.1, 0.15) is 11.3 Å². The van der Waals surface area contributed by atoms with Gasteiger partial charge in [-0.1, -0.05) is 0 Å². The molecule has 3 rings (SSSR count). The Kier molecular flexibility index (Phi) is 7.02. The second-order valence-electron chi connectivity index (χ2n) is 7.85. The van der Waals surface area contributed by atoms with Gasteiger partial charge in [-0.25, -0.2) is 4.79 Å². The number of hydrogen-bond acceptors (Lipinski definition) is 6. The molecule has 2 aromatic rings. The lowest BCUT2D eigenvalue weighted by Crippen LogP contribution is -2.30. The van der Waals surface area contributed by atoms with Crippen LogP contribution in [0.25, 0.3) is 0 Å². The molecular weight excluding hydrogens is 384 g/mol. The number of carbonyl (C=O) groups is 2. The van der Waals surface area contributed by atoms with Crippen molar-refractivity contribution in [3.8, 4) is 0 Å². The average molecular weight is 412 g/mol. The molecule has 0 bridgehead atoms. The number of rotatable bonds is 6. The second-order valence-corrected chi connectivity index (χ2v) is 7.85. The van der Waals surface area contributed by atoms with Crippen molar-refractivity contribution in [2.75, 3.05) is 44.4 Å². The first kappa shape index (κ1) is 21.7. The van der Waals surface area contributed by atoms with E-state index >= 15 is 0 Å². The third-order valence-electron chi connectivity index (χ3n) is 4.98. The Morgan fingerprint density at radius 1 is 1.17 bits per heavy atom. The van der Waals surface area contributed by atoms with Crippen molar-refractivity contribution in [1.82, 2.24) is 10.2 Å². The quantitative estimate of drug-likeness (QED) is 0.672. The van der Waals surface area contributed by atoms with E-state index in [1.54, 1.807) is 42.2 Å². The van der Waals surface area contributed by atoms with Crippen LogP contribution in [-0.4, -0.2) is 50.4 Å². The van der Waals surface area contributed by atoms with Crippen molar-refractivity contribution in [2.24, 2.45) is 0 Å². The van der Waals surface area contributed by atoms with Crippen LogP contribution in [0.3, 0.4) is 0 Å². The third kappa shape index (κ3) is 5.55. The van der Waals surface area contributed by atoms with Crippen molar-refractivity contribution >= 4 is 23.2 Å². The fraction of sp³-hybridized carbons (Fsp3) is 0.409. The van der Waals surface area contributed by atoms with Crippen LogP contribution in [0.4, 0.5) is 11.4 Å². The molecule has 1 saturated heterocycles. The number of amides is 2. The summed E-state index contributed by atoms with van der Waals surface area (Å²) in [6, 6.07) is 8.51. The first-order valence-electron chi connectivity index (χ1n) is 10.0. The second kappa shape index (κ2) is 9.69. The van der Waals surface area contributed by atoms with Gasteiger partial charge in [0, 0.05) is 23.8 Å². The van der Waals surface area contributed by atoms with Crippen LogP contribution < -0.4 is 21.6 Å². The van der Waals surface area contributed by atoms with E-state index in [1.807, 2.05) is 14.1 Å². The van der Waals surface area contributed by atoms with E-state index in [-0.39, 0.29) is 23.9 Å². The van der Waals surface area contributed by atoms with Gasteiger partial charge in [-0.05, 0) is 76.3 Å². The Morgan fingerprint density at radius 2 is 1.83 bits per heavy atom. The fourth-order valence-electron chi connectivity index (χ4n) is 3.52. The van der Waals surface area contributed by atoms with Crippen LogP contribution in [0.5, 0.6) is 0 Å². The first-order chi connectivity index (χ1) is 14.3. The number of aryl methyl sites for hydroxylation is 1. The van der Waals surface area contributed by atoms with E-state index in [2.05, 4.69) is 16.0 Å². The first-order valence-corrected chi connectivity index (χ1v) is 10.0. The maximum Gasteiger partial charge on any atom is 0.349 e. The molecule has 0 radical (unpaired) electrons. The molecule has 2 heterocycles. The maximum atomic E-state index is 12.7. The lowest BCUT2D eigenvalue weighted by Gasteiger charge is -2.22. The SMILES string of the molecule is Cc1cc(C2CCCNC2)oc(=O)c1C(=O)Nc1ccc(NC(=O)CN(C)C)cc1. The molecule has 1 unspecified atom stereocenters. The van der Waals surface area contributed by atoms with Gasteiger partial charge in [0.15, 0.2) is 0 Å². The van der Waals surface area contributed by atoms with Crippen molar-refractivity contribution in [2.45, 2.75) is 25.7 Å². The van der Waals surface area contributed by atoms with Crippen LogP contribution in [0.1, 0.15) is 40.4 Å². The van der Waals surface area contributed by atoms with Gasteiger partial charge in [0.05, 0.1) is 6.54 Å². The number of nitrogens with zero attached hydrogens (tertiary/aromatic N) is 1. The van der Waals surface area contributed by atoms with Crippen LogP contribution in [0.15, 0.2) is 39.5 Å². The zero-order valence-corrected chi connectivity index (χ0v) is 17.6. The van der Waals surface area contributed by atoms with Gasteiger partial charge in [-0.2, -0.15) is 0 Å². The van der Waals surface area contributed by atoms with E-state index < -0.39 is 11.5 Å². The smallest absolute Gasteiger partial charge is 0.349 e. The highest BCUT2D eigenvalue weighted by molar-refractivity contribution is 6.05. The Labute approximate surface area is 175 Å². The molecule has 1 atom stereocenters. The summed E-state index contributed by atoms with van der Waals surface area (Å²) >= 11 is 0. The highest BCUT2D eigenvalue weighted by atomic mass is 16.4. The third-order valence-corrected chi connectivity index (χ3v) is 4.98. The average Bonchev–Trinajstić information content (AvgIpc) is 2.69. The van der Waals surface area contributed by atoms with Crippen LogP contribution in [0, 0.1) is 6.92 Å². The van der Waals surface area contributed by atoms with Crippen LogP contribution in [0.2, 0.25) is 0 Å².